The summed E-state index contributed by atoms with van der Waals surface area (Å²) in [4.78, 5) is 13.3. The number of hydrogen-bond donors (Lipinski definition) is 2. The van der Waals surface area contributed by atoms with E-state index in [4.69, 9.17) is 5.73 Å². The molecule has 0 heterocycles. The molecule has 0 radical (unpaired) electrons. The Labute approximate surface area is 221 Å². The molecule has 0 aliphatic rings. The number of carbonyl (C=O) groups is 1. The topological polar surface area (TPSA) is 58.4 Å². The van der Waals surface area contributed by atoms with Crippen molar-refractivity contribution in [2.24, 2.45) is 5.73 Å². The summed E-state index contributed by atoms with van der Waals surface area (Å²) in [5, 5.41) is 6.00. The van der Waals surface area contributed by atoms with Gasteiger partial charge in [-0.1, -0.05) is 110 Å². The van der Waals surface area contributed by atoms with E-state index in [0.29, 0.717) is 6.54 Å². The van der Waals surface area contributed by atoms with Crippen LogP contribution in [0, 0.1) is 0 Å². The lowest BCUT2D eigenvalue weighted by Gasteiger charge is -2.18. The summed E-state index contributed by atoms with van der Waals surface area (Å²) in [7, 11) is 0. The molecule has 0 spiro atoms. The Kier molecular flexibility index (Phi) is 21.6. The molecule has 198 valence electrons. The first kappa shape index (κ1) is 35.0. The standard InChI is InChI=1S/C26H31N3O.3C2H6/c1-5-21(13-12-20(4)29(7-3)26(30)6-2)17-25(18-27)28-19-22-14-15-23-10-8-9-11-24(23)16-22;3*1-2/h5-16,25,28H,1-3,17-19,27H2,4H3;3*1-2H3/b20-12+,21-13+;;;. The zero-order valence-electron chi connectivity index (χ0n) is 23.7. The molecule has 1 amide bonds. The molecule has 4 heteroatoms. The number of hydrogen-bond acceptors (Lipinski definition) is 3. The number of nitrogens with zero attached hydrogens (tertiary/aromatic N) is 1. The molecule has 0 bridgehead atoms. The van der Waals surface area contributed by atoms with E-state index in [2.05, 4.69) is 61.5 Å². The number of amides is 1. The fourth-order valence-electron chi connectivity index (χ4n) is 3.17. The van der Waals surface area contributed by atoms with E-state index >= 15 is 0 Å². The quantitative estimate of drug-likeness (QED) is 0.248. The molecule has 4 nitrogen and oxygen atoms in total. The average molecular weight is 492 g/mol. The molecule has 0 saturated heterocycles. The Morgan fingerprint density at radius 3 is 2.08 bits per heavy atom. The minimum atomic E-state index is -0.218. The van der Waals surface area contributed by atoms with Crippen molar-refractivity contribution in [3.05, 3.63) is 110 Å². The monoisotopic (exact) mass is 491 g/mol. The SMILES string of the molecule is C=CC(=O)N(C=C)/C(C)=C/C=C(\C=C)CC(CN)NCc1ccc2ccccc2c1.CC.CC.CC. The highest BCUT2D eigenvalue weighted by Gasteiger charge is 2.09. The second kappa shape index (κ2) is 22.3. The number of rotatable bonds is 11. The molecular weight excluding hydrogens is 442 g/mol. The van der Waals surface area contributed by atoms with Crippen molar-refractivity contribution in [2.75, 3.05) is 6.54 Å². The molecule has 0 fully saturated rings. The van der Waals surface area contributed by atoms with Gasteiger partial charge in [0.15, 0.2) is 0 Å². The molecule has 0 aliphatic carbocycles. The first-order valence-corrected chi connectivity index (χ1v) is 13.0. The fourth-order valence-corrected chi connectivity index (χ4v) is 3.17. The van der Waals surface area contributed by atoms with Crippen LogP contribution in [0.4, 0.5) is 0 Å². The normalized spacial score (nSPS) is 11.3. The van der Waals surface area contributed by atoms with Gasteiger partial charge in [0.05, 0.1) is 0 Å². The van der Waals surface area contributed by atoms with Crippen molar-refractivity contribution in [2.45, 2.75) is 67.5 Å². The molecule has 0 aliphatic heterocycles. The van der Waals surface area contributed by atoms with Gasteiger partial charge in [0.1, 0.15) is 0 Å². The van der Waals surface area contributed by atoms with Crippen molar-refractivity contribution in [3.8, 4) is 0 Å². The van der Waals surface area contributed by atoms with E-state index < -0.39 is 0 Å². The van der Waals surface area contributed by atoms with Gasteiger partial charge in [-0.25, -0.2) is 0 Å². The van der Waals surface area contributed by atoms with Gasteiger partial charge in [-0.05, 0) is 53.5 Å². The summed E-state index contributed by atoms with van der Waals surface area (Å²) in [6.07, 6.45) is 9.12. The molecule has 2 rings (SSSR count). The molecule has 2 aromatic rings. The lowest BCUT2D eigenvalue weighted by Crippen LogP contribution is -2.35. The zero-order chi connectivity index (χ0) is 27.9. The number of benzene rings is 2. The highest BCUT2D eigenvalue weighted by molar-refractivity contribution is 5.89. The van der Waals surface area contributed by atoms with Crippen LogP contribution >= 0.6 is 0 Å². The van der Waals surface area contributed by atoms with Crippen LogP contribution in [-0.4, -0.2) is 23.4 Å². The predicted octanol–water partition coefficient (Wildman–Crippen LogP) is 7.90. The van der Waals surface area contributed by atoms with Crippen LogP contribution in [0.1, 0.15) is 60.5 Å². The van der Waals surface area contributed by atoms with Crippen molar-refractivity contribution in [1.82, 2.24) is 10.2 Å². The molecule has 1 atom stereocenters. The van der Waals surface area contributed by atoms with Crippen LogP contribution in [0.15, 0.2) is 104 Å². The van der Waals surface area contributed by atoms with E-state index in [9.17, 15) is 4.79 Å². The van der Waals surface area contributed by atoms with Crippen LogP contribution in [0.5, 0.6) is 0 Å². The summed E-state index contributed by atoms with van der Waals surface area (Å²) in [5.41, 5.74) is 9.00. The maximum atomic E-state index is 11.9. The summed E-state index contributed by atoms with van der Waals surface area (Å²) in [5.74, 6) is -0.218. The predicted molar refractivity (Wildman–Crippen MR) is 162 cm³/mol. The van der Waals surface area contributed by atoms with Crippen LogP contribution in [0.3, 0.4) is 0 Å². The third kappa shape index (κ3) is 12.5. The number of allylic oxidation sites excluding steroid dienone is 4. The summed E-state index contributed by atoms with van der Waals surface area (Å²) < 4.78 is 0. The molecular formula is C32H49N3O. The van der Waals surface area contributed by atoms with E-state index in [0.717, 1.165) is 24.2 Å². The van der Waals surface area contributed by atoms with Crippen molar-refractivity contribution < 1.29 is 4.79 Å². The van der Waals surface area contributed by atoms with Crippen LogP contribution in [0.2, 0.25) is 0 Å². The van der Waals surface area contributed by atoms with Gasteiger partial charge in [0, 0.05) is 31.0 Å². The largest absolute Gasteiger partial charge is 0.329 e. The highest BCUT2D eigenvalue weighted by Crippen LogP contribution is 2.16. The Balaban J connectivity index is 0. The number of nitrogens with two attached hydrogens (primary N) is 1. The fraction of sp³-hybridized carbons (Fsp3) is 0.344. The third-order valence-corrected chi connectivity index (χ3v) is 4.95. The first-order valence-electron chi connectivity index (χ1n) is 13.0. The minimum Gasteiger partial charge on any atom is -0.329 e. The molecule has 3 N–H and O–H groups in total. The molecule has 0 aromatic heterocycles. The van der Waals surface area contributed by atoms with Crippen LogP contribution in [0.25, 0.3) is 10.8 Å². The van der Waals surface area contributed by atoms with Crippen molar-refractivity contribution in [3.63, 3.8) is 0 Å². The van der Waals surface area contributed by atoms with Crippen molar-refractivity contribution in [1.29, 1.82) is 0 Å². The van der Waals surface area contributed by atoms with E-state index in [-0.39, 0.29) is 11.9 Å². The van der Waals surface area contributed by atoms with Gasteiger partial charge in [0.25, 0.3) is 5.91 Å². The molecule has 0 saturated carbocycles. The number of carbonyl (C=O) groups excluding carboxylic acids is 1. The van der Waals surface area contributed by atoms with Gasteiger partial charge in [-0.3, -0.25) is 9.69 Å². The minimum absolute atomic E-state index is 0.111. The maximum Gasteiger partial charge on any atom is 0.254 e. The third-order valence-electron chi connectivity index (χ3n) is 4.95. The lowest BCUT2D eigenvalue weighted by molar-refractivity contribution is -0.122. The Morgan fingerprint density at radius 2 is 1.56 bits per heavy atom. The Morgan fingerprint density at radius 1 is 0.944 bits per heavy atom. The van der Waals surface area contributed by atoms with Gasteiger partial charge < -0.3 is 11.1 Å². The Bertz CT molecular complexity index is 972. The summed E-state index contributed by atoms with van der Waals surface area (Å²) in [6, 6.07) is 14.9. The second-order valence-electron chi connectivity index (χ2n) is 7.05. The van der Waals surface area contributed by atoms with Crippen LogP contribution < -0.4 is 11.1 Å². The molecule has 36 heavy (non-hydrogen) atoms. The smallest absolute Gasteiger partial charge is 0.254 e. The van der Waals surface area contributed by atoms with Gasteiger partial charge in [-0.2, -0.15) is 0 Å². The van der Waals surface area contributed by atoms with Crippen LogP contribution in [-0.2, 0) is 11.3 Å². The van der Waals surface area contributed by atoms with E-state index in [1.54, 1.807) is 0 Å². The zero-order valence-corrected chi connectivity index (χ0v) is 23.7. The summed E-state index contributed by atoms with van der Waals surface area (Å²) in [6.45, 7) is 26.2. The lowest BCUT2D eigenvalue weighted by atomic mass is 10.0. The number of fused-ring (bicyclic) bond motifs is 1. The molecule has 2 aromatic carbocycles. The second-order valence-corrected chi connectivity index (χ2v) is 7.05. The van der Waals surface area contributed by atoms with Gasteiger partial charge in [0.2, 0.25) is 0 Å². The summed E-state index contributed by atoms with van der Waals surface area (Å²) >= 11 is 0. The van der Waals surface area contributed by atoms with Gasteiger partial charge >= 0.3 is 0 Å². The average Bonchev–Trinajstić information content (AvgIpc) is 2.96. The van der Waals surface area contributed by atoms with Gasteiger partial charge in [-0.15, -0.1) is 0 Å². The van der Waals surface area contributed by atoms with E-state index in [1.807, 2.05) is 72.8 Å². The first-order chi connectivity index (χ1) is 17.5. The maximum absolute atomic E-state index is 11.9. The molecule has 1 unspecified atom stereocenters. The highest BCUT2D eigenvalue weighted by atomic mass is 16.2. The van der Waals surface area contributed by atoms with Crippen molar-refractivity contribution >= 4 is 16.7 Å². The Hall–Kier alpha value is -3.21. The number of nitrogens with one attached hydrogen (secondary N) is 1. The van der Waals surface area contributed by atoms with E-state index in [1.165, 1.54) is 33.5 Å².